The Morgan fingerprint density at radius 3 is 2.62 bits per heavy atom. The summed E-state index contributed by atoms with van der Waals surface area (Å²) in [4.78, 5) is 10.8. The molecule has 2 nitrogen and oxygen atoms in total. The highest BCUT2D eigenvalue weighted by Crippen LogP contribution is 2.21. The average molecular weight is 221 g/mol. The van der Waals surface area contributed by atoms with E-state index in [1.54, 1.807) is 0 Å². The summed E-state index contributed by atoms with van der Waals surface area (Å²) in [7, 11) is 3.83. The average Bonchev–Trinajstić information content (AvgIpc) is 2.16. The van der Waals surface area contributed by atoms with Gasteiger partial charge in [-0.2, -0.15) is 0 Å². The van der Waals surface area contributed by atoms with Crippen molar-refractivity contribution in [2.75, 3.05) is 18.1 Å². The van der Waals surface area contributed by atoms with Crippen LogP contribution in [0.4, 0.5) is 0 Å². The van der Waals surface area contributed by atoms with Gasteiger partial charge in [-0.3, -0.25) is 4.79 Å². The van der Waals surface area contributed by atoms with Crippen LogP contribution < -0.4 is 5.32 Å². The summed E-state index contributed by atoms with van der Waals surface area (Å²) in [5, 5.41) is 2.87. The van der Waals surface area contributed by atoms with Crippen molar-refractivity contribution in [1.82, 2.24) is 5.32 Å². The number of carbonyl (C=O) groups excluding carboxylic acids is 1. The van der Waals surface area contributed by atoms with Crippen molar-refractivity contribution in [3.63, 3.8) is 0 Å². The Balaban J connectivity index is 2.95. The highest BCUT2D eigenvalue weighted by atomic mass is 33.1. The first-order valence-electron chi connectivity index (χ1n) is 4.82. The van der Waals surface area contributed by atoms with Gasteiger partial charge in [0.05, 0.1) is 0 Å². The van der Waals surface area contributed by atoms with Gasteiger partial charge in [-0.15, -0.1) is 0 Å². The lowest BCUT2D eigenvalue weighted by molar-refractivity contribution is -0.120. The van der Waals surface area contributed by atoms with Crippen LogP contribution >= 0.6 is 21.6 Å². The van der Waals surface area contributed by atoms with Crippen molar-refractivity contribution in [2.45, 2.75) is 33.1 Å². The first kappa shape index (κ1) is 13.2. The summed E-state index contributed by atoms with van der Waals surface area (Å²) in [5.41, 5.74) is 0. The normalized spacial score (nSPS) is 10.0. The second kappa shape index (κ2) is 10.3. The molecule has 0 bridgehead atoms. The third kappa shape index (κ3) is 10.1. The Hall–Kier alpha value is 0.170. The lowest BCUT2D eigenvalue weighted by Gasteiger charge is -2.02. The predicted octanol–water partition coefficient (Wildman–Crippen LogP) is 2.69. The zero-order valence-corrected chi connectivity index (χ0v) is 10.1. The standard InChI is InChI=1S/C9H19NOS2/c1-3-9(11)10-7-5-6-8-13-12-4-2/h3-8H2,1-2H3,(H,10,11). The zero-order chi connectivity index (χ0) is 9.94. The van der Waals surface area contributed by atoms with Crippen LogP contribution in [0.1, 0.15) is 33.1 Å². The minimum absolute atomic E-state index is 0.163. The van der Waals surface area contributed by atoms with Gasteiger partial charge in [0.2, 0.25) is 5.91 Å². The highest BCUT2D eigenvalue weighted by molar-refractivity contribution is 8.76. The Labute approximate surface area is 89.0 Å². The van der Waals surface area contributed by atoms with Crippen LogP contribution in [-0.4, -0.2) is 24.0 Å². The Morgan fingerprint density at radius 2 is 2.00 bits per heavy atom. The molecule has 0 atom stereocenters. The summed E-state index contributed by atoms with van der Waals surface area (Å²) < 4.78 is 0. The van der Waals surface area contributed by atoms with Crippen LogP contribution in [0.5, 0.6) is 0 Å². The second-order valence-electron chi connectivity index (χ2n) is 2.64. The van der Waals surface area contributed by atoms with Crippen LogP contribution in [0.3, 0.4) is 0 Å². The first-order valence-corrected chi connectivity index (χ1v) is 7.31. The molecule has 0 saturated heterocycles. The van der Waals surface area contributed by atoms with E-state index in [1.165, 1.54) is 17.9 Å². The smallest absolute Gasteiger partial charge is 0.219 e. The minimum Gasteiger partial charge on any atom is -0.356 e. The molecule has 0 fully saturated rings. The summed E-state index contributed by atoms with van der Waals surface area (Å²) in [6.45, 7) is 4.88. The monoisotopic (exact) mass is 221 g/mol. The molecule has 0 heterocycles. The van der Waals surface area contributed by atoms with E-state index in [9.17, 15) is 4.79 Å². The number of nitrogens with one attached hydrogen (secondary N) is 1. The molecular weight excluding hydrogens is 202 g/mol. The quantitative estimate of drug-likeness (QED) is 0.505. The van der Waals surface area contributed by atoms with E-state index < -0.39 is 0 Å². The molecule has 1 N–H and O–H groups in total. The highest BCUT2D eigenvalue weighted by Gasteiger charge is 1.94. The van der Waals surface area contributed by atoms with Crippen molar-refractivity contribution in [3.05, 3.63) is 0 Å². The molecule has 4 heteroatoms. The molecule has 1 amide bonds. The molecule has 0 aromatic heterocycles. The number of rotatable bonds is 8. The Morgan fingerprint density at radius 1 is 1.23 bits per heavy atom. The summed E-state index contributed by atoms with van der Waals surface area (Å²) in [5.74, 6) is 2.54. The van der Waals surface area contributed by atoms with Crippen molar-refractivity contribution >= 4 is 27.5 Å². The fraction of sp³-hybridized carbons (Fsp3) is 0.889. The molecule has 0 unspecified atom stereocenters. The van der Waals surface area contributed by atoms with Crippen LogP contribution in [0.25, 0.3) is 0 Å². The molecule has 0 radical (unpaired) electrons. The van der Waals surface area contributed by atoms with Gasteiger partial charge in [0.1, 0.15) is 0 Å². The molecule has 78 valence electrons. The van der Waals surface area contributed by atoms with Crippen molar-refractivity contribution in [2.24, 2.45) is 0 Å². The van der Waals surface area contributed by atoms with Gasteiger partial charge in [0.25, 0.3) is 0 Å². The summed E-state index contributed by atoms with van der Waals surface area (Å²) >= 11 is 0. The first-order chi connectivity index (χ1) is 6.31. The SMILES string of the molecule is CCSSCCCCNC(=O)CC. The van der Waals surface area contributed by atoms with Gasteiger partial charge in [-0.05, 0) is 12.8 Å². The maximum atomic E-state index is 10.8. The molecule has 0 aliphatic heterocycles. The summed E-state index contributed by atoms with van der Waals surface area (Å²) in [6.07, 6.45) is 2.89. The number of unbranched alkanes of at least 4 members (excludes halogenated alkanes) is 1. The van der Waals surface area contributed by atoms with Crippen LogP contribution in [0.15, 0.2) is 0 Å². The lowest BCUT2D eigenvalue weighted by atomic mass is 10.3. The second-order valence-corrected chi connectivity index (χ2v) is 5.51. The molecule has 0 spiro atoms. The van der Waals surface area contributed by atoms with E-state index in [4.69, 9.17) is 0 Å². The maximum absolute atomic E-state index is 10.8. The maximum Gasteiger partial charge on any atom is 0.219 e. The van der Waals surface area contributed by atoms with Crippen molar-refractivity contribution < 1.29 is 4.79 Å². The number of hydrogen-bond acceptors (Lipinski definition) is 3. The molecule has 0 saturated carbocycles. The number of hydrogen-bond donors (Lipinski definition) is 1. The molecule has 0 aromatic carbocycles. The Bertz CT molecular complexity index is 131. The van der Waals surface area contributed by atoms with E-state index in [0.717, 1.165) is 13.0 Å². The van der Waals surface area contributed by atoms with E-state index in [0.29, 0.717) is 6.42 Å². The topological polar surface area (TPSA) is 29.1 Å². The fourth-order valence-corrected chi connectivity index (χ4v) is 2.59. The zero-order valence-electron chi connectivity index (χ0n) is 8.47. The van der Waals surface area contributed by atoms with Gasteiger partial charge < -0.3 is 5.32 Å². The molecular formula is C9H19NOS2. The lowest BCUT2D eigenvalue weighted by Crippen LogP contribution is -2.23. The molecule has 0 aliphatic carbocycles. The fourth-order valence-electron chi connectivity index (χ4n) is 0.781. The molecule has 13 heavy (non-hydrogen) atoms. The van der Waals surface area contributed by atoms with Gasteiger partial charge in [-0.1, -0.05) is 35.4 Å². The van der Waals surface area contributed by atoms with Gasteiger partial charge in [0, 0.05) is 24.5 Å². The molecule has 0 aliphatic rings. The van der Waals surface area contributed by atoms with Crippen LogP contribution in [-0.2, 0) is 4.79 Å². The largest absolute Gasteiger partial charge is 0.356 e. The van der Waals surface area contributed by atoms with E-state index in [1.807, 2.05) is 28.5 Å². The third-order valence-corrected chi connectivity index (χ3v) is 4.06. The van der Waals surface area contributed by atoms with E-state index in [-0.39, 0.29) is 5.91 Å². The Kier molecular flexibility index (Phi) is 10.4. The molecule has 0 rings (SSSR count). The van der Waals surface area contributed by atoms with Crippen LogP contribution in [0.2, 0.25) is 0 Å². The van der Waals surface area contributed by atoms with Crippen molar-refractivity contribution in [1.29, 1.82) is 0 Å². The minimum atomic E-state index is 0.163. The van der Waals surface area contributed by atoms with E-state index in [2.05, 4.69) is 12.2 Å². The summed E-state index contributed by atoms with van der Waals surface area (Å²) in [6, 6.07) is 0. The number of amides is 1. The van der Waals surface area contributed by atoms with Crippen molar-refractivity contribution in [3.8, 4) is 0 Å². The third-order valence-electron chi connectivity index (χ3n) is 1.50. The van der Waals surface area contributed by atoms with Crippen LogP contribution in [0, 0.1) is 0 Å². The number of carbonyl (C=O) groups is 1. The molecule has 0 aromatic rings. The van der Waals surface area contributed by atoms with E-state index >= 15 is 0 Å². The van der Waals surface area contributed by atoms with Gasteiger partial charge >= 0.3 is 0 Å². The predicted molar refractivity (Wildman–Crippen MR) is 63.1 cm³/mol. The van der Waals surface area contributed by atoms with Gasteiger partial charge in [0.15, 0.2) is 0 Å². The van der Waals surface area contributed by atoms with Gasteiger partial charge in [-0.25, -0.2) is 0 Å².